The van der Waals surface area contributed by atoms with Crippen molar-refractivity contribution in [1.82, 2.24) is 15.1 Å². The molecule has 5 heteroatoms. The van der Waals surface area contributed by atoms with Gasteiger partial charge in [0.25, 0.3) is 0 Å². The van der Waals surface area contributed by atoms with Crippen LogP contribution in [0.2, 0.25) is 10.0 Å². The maximum absolute atomic E-state index is 6.19. The van der Waals surface area contributed by atoms with E-state index in [0.29, 0.717) is 10.0 Å². The molecule has 1 aromatic heterocycles. The van der Waals surface area contributed by atoms with Gasteiger partial charge in [0, 0.05) is 22.8 Å². The Morgan fingerprint density at radius 1 is 1.33 bits per heavy atom. The highest BCUT2D eigenvalue weighted by Crippen LogP contribution is 2.25. The summed E-state index contributed by atoms with van der Waals surface area (Å²) < 4.78 is 1.84. The summed E-state index contributed by atoms with van der Waals surface area (Å²) in [6.07, 6.45) is 1.86. The van der Waals surface area contributed by atoms with E-state index in [-0.39, 0.29) is 0 Å². The van der Waals surface area contributed by atoms with E-state index in [4.69, 9.17) is 23.2 Å². The fraction of sp³-hybridized carbons (Fsp3) is 0.308. The minimum Gasteiger partial charge on any atom is -0.313 e. The number of nitrogens with zero attached hydrogens (tertiary/aromatic N) is 2. The molecule has 0 aliphatic rings. The van der Waals surface area contributed by atoms with Crippen LogP contribution in [0.3, 0.4) is 0 Å². The van der Waals surface area contributed by atoms with Crippen LogP contribution in [0.4, 0.5) is 0 Å². The first kappa shape index (κ1) is 13.4. The van der Waals surface area contributed by atoms with Gasteiger partial charge in [0.2, 0.25) is 0 Å². The van der Waals surface area contributed by atoms with Gasteiger partial charge in [0.1, 0.15) is 0 Å². The molecule has 1 heterocycles. The van der Waals surface area contributed by atoms with Crippen LogP contribution in [0.25, 0.3) is 5.69 Å². The molecule has 0 amide bonds. The normalized spacial score (nSPS) is 10.9. The molecule has 0 saturated heterocycles. The molecule has 1 aromatic carbocycles. The van der Waals surface area contributed by atoms with Crippen LogP contribution in [-0.2, 0) is 6.54 Å². The van der Waals surface area contributed by atoms with E-state index in [1.807, 2.05) is 29.9 Å². The minimum absolute atomic E-state index is 0.601. The Bertz CT molecular complexity index is 549. The van der Waals surface area contributed by atoms with E-state index in [1.165, 1.54) is 5.56 Å². The van der Waals surface area contributed by atoms with Gasteiger partial charge in [-0.3, -0.25) is 0 Å². The van der Waals surface area contributed by atoms with Crippen molar-refractivity contribution in [1.29, 1.82) is 0 Å². The first-order valence-electron chi connectivity index (χ1n) is 5.83. The molecule has 0 aliphatic heterocycles. The van der Waals surface area contributed by atoms with Gasteiger partial charge in [0.05, 0.1) is 16.9 Å². The molecule has 3 nitrogen and oxygen atoms in total. The molecule has 2 rings (SSSR count). The van der Waals surface area contributed by atoms with E-state index in [1.54, 1.807) is 6.07 Å². The Hall–Kier alpha value is -1.03. The van der Waals surface area contributed by atoms with E-state index in [0.717, 1.165) is 24.5 Å². The zero-order valence-corrected chi connectivity index (χ0v) is 11.9. The second-order valence-electron chi connectivity index (χ2n) is 4.04. The van der Waals surface area contributed by atoms with Crippen molar-refractivity contribution < 1.29 is 0 Å². The lowest BCUT2D eigenvalue weighted by molar-refractivity contribution is 0.721. The SMILES string of the molecule is CCNCc1cnn(-c2ccc(Cl)cc2Cl)c1C. The van der Waals surface area contributed by atoms with Crippen LogP contribution in [0, 0.1) is 6.92 Å². The van der Waals surface area contributed by atoms with Crippen molar-refractivity contribution >= 4 is 23.2 Å². The number of hydrogen-bond acceptors (Lipinski definition) is 2. The van der Waals surface area contributed by atoms with Crippen LogP contribution >= 0.6 is 23.2 Å². The lowest BCUT2D eigenvalue weighted by Gasteiger charge is -2.08. The van der Waals surface area contributed by atoms with Gasteiger partial charge in [-0.15, -0.1) is 0 Å². The lowest BCUT2D eigenvalue weighted by Crippen LogP contribution is -2.12. The average molecular weight is 284 g/mol. The summed E-state index contributed by atoms with van der Waals surface area (Å²) in [6, 6.07) is 5.42. The van der Waals surface area contributed by atoms with Gasteiger partial charge in [0.15, 0.2) is 0 Å². The molecule has 0 aliphatic carbocycles. The van der Waals surface area contributed by atoms with Crippen molar-refractivity contribution in [2.75, 3.05) is 6.54 Å². The molecule has 0 atom stereocenters. The number of aromatic nitrogens is 2. The first-order chi connectivity index (χ1) is 8.63. The predicted molar refractivity (Wildman–Crippen MR) is 75.7 cm³/mol. The van der Waals surface area contributed by atoms with Gasteiger partial charge in [-0.2, -0.15) is 5.10 Å². The Morgan fingerprint density at radius 2 is 2.11 bits per heavy atom. The van der Waals surface area contributed by atoms with E-state index >= 15 is 0 Å². The van der Waals surface area contributed by atoms with Gasteiger partial charge in [-0.05, 0) is 31.7 Å². The Morgan fingerprint density at radius 3 is 2.78 bits per heavy atom. The van der Waals surface area contributed by atoms with Crippen molar-refractivity contribution in [2.45, 2.75) is 20.4 Å². The monoisotopic (exact) mass is 283 g/mol. The van der Waals surface area contributed by atoms with Crippen molar-refractivity contribution in [3.8, 4) is 5.69 Å². The summed E-state index contributed by atoms with van der Waals surface area (Å²) in [5, 5.41) is 8.89. The number of hydrogen-bond donors (Lipinski definition) is 1. The van der Waals surface area contributed by atoms with Crippen LogP contribution in [-0.4, -0.2) is 16.3 Å². The second kappa shape index (κ2) is 5.74. The zero-order valence-electron chi connectivity index (χ0n) is 10.4. The summed E-state index contributed by atoms with van der Waals surface area (Å²) in [5.74, 6) is 0. The number of benzene rings is 1. The van der Waals surface area contributed by atoms with Crippen molar-refractivity contribution in [3.63, 3.8) is 0 Å². The average Bonchev–Trinajstić information content (AvgIpc) is 2.68. The van der Waals surface area contributed by atoms with Crippen LogP contribution < -0.4 is 5.32 Å². The molecule has 1 N–H and O–H groups in total. The molecule has 0 radical (unpaired) electrons. The standard InChI is InChI=1S/C13H15Cl2N3/c1-3-16-7-10-8-17-18(9(10)2)13-5-4-11(14)6-12(13)15/h4-6,8,16H,3,7H2,1-2H3. The molecule has 0 spiro atoms. The number of nitrogens with one attached hydrogen (secondary N) is 1. The topological polar surface area (TPSA) is 29.9 Å². The molecule has 0 unspecified atom stereocenters. The third-order valence-corrected chi connectivity index (χ3v) is 3.35. The third-order valence-electron chi connectivity index (χ3n) is 2.81. The maximum Gasteiger partial charge on any atom is 0.0836 e. The van der Waals surface area contributed by atoms with Crippen LogP contribution in [0.1, 0.15) is 18.2 Å². The molecular weight excluding hydrogens is 269 g/mol. The quantitative estimate of drug-likeness (QED) is 0.929. The second-order valence-corrected chi connectivity index (χ2v) is 4.89. The molecule has 18 heavy (non-hydrogen) atoms. The van der Waals surface area contributed by atoms with Gasteiger partial charge in [-0.1, -0.05) is 30.1 Å². The molecule has 0 saturated carbocycles. The highest BCUT2D eigenvalue weighted by Gasteiger charge is 2.10. The Kier molecular flexibility index (Phi) is 4.27. The van der Waals surface area contributed by atoms with Gasteiger partial charge < -0.3 is 5.32 Å². The Balaban J connectivity index is 2.36. The highest BCUT2D eigenvalue weighted by molar-refractivity contribution is 6.35. The minimum atomic E-state index is 0.601. The maximum atomic E-state index is 6.19. The Labute approximate surface area is 117 Å². The fourth-order valence-corrected chi connectivity index (χ4v) is 2.26. The third kappa shape index (κ3) is 2.69. The summed E-state index contributed by atoms with van der Waals surface area (Å²) in [6.45, 7) is 5.86. The van der Waals surface area contributed by atoms with Crippen molar-refractivity contribution in [2.24, 2.45) is 0 Å². The van der Waals surface area contributed by atoms with Gasteiger partial charge >= 0.3 is 0 Å². The smallest absolute Gasteiger partial charge is 0.0836 e. The van der Waals surface area contributed by atoms with E-state index in [2.05, 4.69) is 17.3 Å². The molecule has 96 valence electrons. The largest absolute Gasteiger partial charge is 0.313 e. The number of halogens is 2. The van der Waals surface area contributed by atoms with E-state index < -0.39 is 0 Å². The fourth-order valence-electron chi connectivity index (χ4n) is 1.77. The van der Waals surface area contributed by atoms with Crippen LogP contribution in [0.5, 0.6) is 0 Å². The summed E-state index contributed by atoms with van der Waals surface area (Å²) in [5.41, 5.74) is 3.10. The molecule has 2 aromatic rings. The highest BCUT2D eigenvalue weighted by atomic mass is 35.5. The van der Waals surface area contributed by atoms with E-state index in [9.17, 15) is 0 Å². The molecule has 0 bridgehead atoms. The zero-order chi connectivity index (χ0) is 13.1. The van der Waals surface area contributed by atoms with Crippen molar-refractivity contribution in [3.05, 3.63) is 45.7 Å². The lowest BCUT2D eigenvalue weighted by atomic mass is 10.2. The summed E-state index contributed by atoms with van der Waals surface area (Å²) in [4.78, 5) is 0. The van der Waals surface area contributed by atoms with Gasteiger partial charge in [-0.25, -0.2) is 4.68 Å². The molecular formula is C13H15Cl2N3. The summed E-state index contributed by atoms with van der Waals surface area (Å²) >= 11 is 12.1. The predicted octanol–water partition coefficient (Wildman–Crippen LogP) is 3.60. The molecule has 0 fully saturated rings. The first-order valence-corrected chi connectivity index (χ1v) is 6.58. The summed E-state index contributed by atoms with van der Waals surface area (Å²) in [7, 11) is 0. The number of rotatable bonds is 4. The van der Waals surface area contributed by atoms with Crippen LogP contribution in [0.15, 0.2) is 24.4 Å².